The Kier molecular flexibility index (Phi) is 4.87. The van der Waals surface area contributed by atoms with Gasteiger partial charge in [0.25, 0.3) is 0 Å². The van der Waals surface area contributed by atoms with Gasteiger partial charge in [-0.3, -0.25) is 0 Å². The average Bonchev–Trinajstić information content (AvgIpc) is 2.79. The summed E-state index contributed by atoms with van der Waals surface area (Å²) < 4.78 is 5.22. The van der Waals surface area contributed by atoms with Crippen molar-refractivity contribution in [3.8, 4) is 51.7 Å². The van der Waals surface area contributed by atoms with Gasteiger partial charge in [-0.15, -0.1) is 0 Å². The van der Waals surface area contributed by atoms with Crippen molar-refractivity contribution < 1.29 is 9.84 Å². The van der Waals surface area contributed by atoms with E-state index < -0.39 is 0 Å². The van der Waals surface area contributed by atoms with E-state index in [1.54, 1.807) is 43.5 Å². The molecule has 0 fully saturated rings. The van der Waals surface area contributed by atoms with Crippen molar-refractivity contribution in [3.63, 3.8) is 0 Å². The number of phenols is 1. The van der Waals surface area contributed by atoms with Gasteiger partial charge in [-0.05, 0) is 48.5 Å². The monoisotopic (exact) mass is 380 g/mol. The Balaban J connectivity index is 1.92. The molecule has 0 radical (unpaired) electrons. The van der Waals surface area contributed by atoms with Crippen molar-refractivity contribution >= 4 is 0 Å². The van der Waals surface area contributed by atoms with Gasteiger partial charge in [0.05, 0.1) is 24.3 Å². The van der Waals surface area contributed by atoms with Gasteiger partial charge in [0.2, 0.25) is 0 Å². The lowest BCUT2D eigenvalue weighted by Gasteiger charge is -2.09. The molecule has 0 unspecified atom stereocenters. The number of nitrogens with zero attached hydrogens (tertiary/aromatic N) is 4. The van der Waals surface area contributed by atoms with Gasteiger partial charge in [-0.1, -0.05) is 24.3 Å². The van der Waals surface area contributed by atoms with Gasteiger partial charge >= 0.3 is 0 Å². The van der Waals surface area contributed by atoms with Crippen LogP contribution in [-0.2, 0) is 0 Å². The first-order valence-corrected chi connectivity index (χ1v) is 8.87. The number of hydrogen-bond donors (Lipinski definition) is 1. The molecule has 0 aliphatic carbocycles. The molecule has 0 saturated carbocycles. The molecule has 4 aromatic rings. The van der Waals surface area contributed by atoms with Gasteiger partial charge in [0, 0.05) is 11.1 Å². The van der Waals surface area contributed by atoms with Crippen molar-refractivity contribution in [3.05, 3.63) is 78.4 Å². The summed E-state index contributed by atoms with van der Waals surface area (Å²) in [4.78, 5) is 13.7. The predicted octanol–water partition coefficient (Wildman–Crippen LogP) is 4.46. The molecule has 6 heteroatoms. The van der Waals surface area contributed by atoms with Gasteiger partial charge in [0.15, 0.2) is 17.5 Å². The Bertz CT molecular complexity index is 1210. The van der Waals surface area contributed by atoms with Crippen LogP contribution in [0.1, 0.15) is 5.56 Å². The number of ether oxygens (including phenoxy) is 1. The number of hydrogen-bond acceptors (Lipinski definition) is 6. The van der Waals surface area contributed by atoms with E-state index in [0.717, 1.165) is 11.3 Å². The smallest absolute Gasteiger partial charge is 0.167 e. The lowest BCUT2D eigenvalue weighted by atomic mass is 10.1. The van der Waals surface area contributed by atoms with Gasteiger partial charge in [-0.25, -0.2) is 15.0 Å². The molecular weight excluding hydrogens is 364 g/mol. The van der Waals surface area contributed by atoms with Gasteiger partial charge in [0.1, 0.15) is 11.5 Å². The minimum Gasteiger partial charge on any atom is -0.507 e. The summed E-state index contributed by atoms with van der Waals surface area (Å²) in [6.07, 6.45) is 0. The van der Waals surface area contributed by atoms with Gasteiger partial charge in [-0.2, -0.15) is 5.26 Å². The summed E-state index contributed by atoms with van der Waals surface area (Å²) in [5.74, 6) is 2.03. The first kappa shape index (κ1) is 18.1. The SMILES string of the molecule is COc1ccc(-c2nc(-c3cccc(C#N)c3)nc(-c3ccccc3O)n2)cc1. The van der Waals surface area contributed by atoms with E-state index in [1.807, 2.05) is 36.4 Å². The number of para-hydroxylation sites is 1. The van der Waals surface area contributed by atoms with Crippen LogP contribution in [0.15, 0.2) is 72.8 Å². The molecule has 0 amide bonds. The minimum atomic E-state index is 0.0797. The fourth-order valence-corrected chi connectivity index (χ4v) is 2.89. The van der Waals surface area contributed by atoms with Crippen LogP contribution < -0.4 is 4.74 Å². The zero-order valence-corrected chi connectivity index (χ0v) is 15.6. The van der Waals surface area contributed by atoms with Crippen LogP contribution in [-0.4, -0.2) is 27.2 Å². The number of nitriles is 1. The fourth-order valence-electron chi connectivity index (χ4n) is 2.89. The standard InChI is InChI=1S/C23H16N4O2/c1-29-18-11-9-16(10-12-18)21-25-22(17-6-4-5-15(13-17)14-24)27-23(26-21)19-7-2-3-8-20(19)28/h2-13,28H,1H3. The Hall–Kier alpha value is -4.24. The number of aromatic nitrogens is 3. The molecule has 0 bridgehead atoms. The summed E-state index contributed by atoms with van der Waals surface area (Å²) in [5.41, 5.74) is 2.49. The first-order chi connectivity index (χ1) is 14.2. The van der Waals surface area contributed by atoms with E-state index in [0.29, 0.717) is 34.2 Å². The largest absolute Gasteiger partial charge is 0.507 e. The second-order valence-corrected chi connectivity index (χ2v) is 6.24. The lowest BCUT2D eigenvalue weighted by molar-refractivity contribution is 0.415. The van der Waals surface area contributed by atoms with Crippen molar-refractivity contribution in [1.82, 2.24) is 15.0 Å². The maximum absolute atomic E-state index is 10.3. The molecular formula is C23H16N4O2. The van der Waals surface area contributed by atoms with Crippen LogP contribution >= 0.6 is 0 Å². The average molecular weight is 380 g/mol. The van der Waals surface area contributed by atoms with Gasteiger partial charge < -0.3 is 9.84 Å². The molecule has 0 spiro atoms. The van der Waals surface area contributed by atoms with Crippen molar-refractivity contribution in [2.45, 2.75) is 0 Å². The van der Waals surface area contributed by atoms with Crippen molar-refractivity contribution in [1.29, 1.82) is 5.26 Å². The van der Waals surface area contributed by atoms with Crippen LogP contribution in [0.2, 0.25) is 0 Å². The number of methoxy groups -OCH3 is 1. The molecule has 1 N–H and O–H groups in total. The Labute approximate surface area is 167 Å². The fraction of sp³-hybridized carbons (Fsp3) is 0.0435. The second kappa shape index (κ2) is 7.79. The summed E-state index contributed by atoms with van der Waals surface area (Å²) in [6.45, 7) is 0. The Morgan fingerprint density at radius 3 is 2.17 bits per heavy atom. The molecule has 0 aliphatic heterocycles. The molecule has 29 heavy (non-hydrogen) atoms. The van der Waals surface area contributed by atoms with Crippen molar-refractivity contribution in [2.75, 3.05) is 7.11 Å². The number of aromatic hydroxyl groups is 1. The highest BCUT2D eigenvalue weighted by Crippen LogP contribution is 2.30. The zero-order valence-electron chi connectivity index (χ0n) is 15.6. The zero-order chi connectivity index (χ0) is 20.2. The predicted molar refractivity (Wildman–Crippen MR) is 109 cm³/mol. The highest BCUT2D eigenvalue weighted by atomic mass is 16.5. The maximum Gasteiger partial charge on any atom is 0.167 e. The number of benzene rings is 3. The minimum absolute atomic E-state index is 0.0797. The molecule has 3 aromatic carbocycles. The van der Waals surface area contributed by atoms with E-state index in [2.05, 4.69) is 21.0 Å². The third-order valence-corrected chi connectivity index (χ3v) is 4.38. The summed E-state index contributed by atoms with van der Waals surface area (Å²) in [5, 5.41) is 19.5. The first-order valence-electron chi connectivity index (χ1n) is 8.87. The molecule has 4 rings (SSSR count). The van der Waals surface area contributed by atoms with Crippen LogP contribution in [0.4, 0.5) is 0 Å². The molecule has 1 heterocycles. The van der Waals surface area contributed by atoms with E-state index >= 15 is 0 Å². The normalized spacial score (nSPS) is 10.3. The number of rotatable bonds is 4. The highest BCUT2D eigenvalue weighted by Gasteiger charge is 2.14. The summed E-state index contributed by atoms with van der Waals surface area (Å²) in [7, 11) is 1.61. The topological polar surface area (TPSA) is 91.9 Å². The van der Waals surface area contributed by atoms with Crippen molar-refractivity contribution in [2.24, 2.45) is 0 Å². The molecule has 0 saturated heterocycles. The molecule has 1 aromatic heterocycles. The van der Waals surface area contributed by atoms with E-state index in [-0.39, 0.29) is 5.75 Å². The molecule has 0 aliphatic rings. The van der Waals surface area contributed by atoms with E-state index in [1.165, 1.54) is 0 Å². The van der Waals surface area contributed by atoms with E-state index in [9.17, 15) is 10.4 Å². The molecule has 0 atom stereocenters. The highest BCUT2D eigenvalue weighted by molar-refractivity contribution is 5.70. The third kappa shape index (κ3) is 3.75. The number of phenolic OH excluding ortho intramolecular Hbond substituents is 1. The summed E-state index contributed by atoms with van der Waals surface area (Å²) in [6, 6.07) is 23.4. The summed E-state index contributed by atoms with van der Waals surface area (Å²) >= 11 is 0. The Morgan fingerprint density at radius 1 is 0.793 bits per heavy atom. The second-order valence-electron chi connectivity index (χ2n) is 6.24. The molecule has 6 nitrogen and oxygen atoms in total. The lowest BCUT2D eigenvalue weighted by Crippen LogP contribution is -2.00. The van der Waals surface area contributed by atoms with Crippen LogP contribution in [0.3, 0.4) is 0 Å². The maximum atomic E-state index is 10.3. The van der Waals surface area contributed by atoms with E-state index in [4.69, 9.17) is 4.74 Å². The van der Waals surface area contributed by atoms with Crippen LogP contribution in [0, 0.1) is 11.3 Å². The third-order valence-electron chi connectivity index (χ3n) is 4.38. The van der Waals surface area contributed by atoms with Crippen LogP contribution in [0.25, 0.3) is 34.2 Å². The Morgan fingerprint density at radius 2 is 1.48 bits per heavy atom. The van der Waals surface area contributed by atoms with Crippen LogP contribution in [0.5, 0.6) is 11.5 Å². The molecule has 140 valence electrons. The quantitative estimate of drug-likeness (QED) is 0.562.